The van der Waals surface area contributed by atoms with Crippen LogP contribution in [0.1, 0.15) is 26.4 Å². The first-order valence-electron chi connectivity index (χ1n) is 7.44. The Bertz CT molecular complexity index is 932. The average Bonchev–Trinajstić information content (AvgIpc) is 2.98. The number of rotatable bonds is 5. The predicted octanol–water partition coefficient (Wildman–Crippen LogP) is 0.854. The Morgan fingerprint density at radius 3 is 2.40 bits per heavy atom. The summed E-state index contributed by atoms with van der Waals surface area (Å²) in [5.41, 5.74) is 1.72. The average molecular weight is 364 g/mol. The van der Waals surface area contributed by atoms with Gasteiger partial charge in [-0.3, -0.25) is 9.59 Å². The van der Waals surface area contributed by atoms with Gasteiger partial charge in [-0.2, -0.15) is 0 Å². The first kappa shape index (κ1) is 18.7. The van der Waals surface area contributed by atoms with Crippen molar-refractivity contribution in [3.63, 3.8) is 0 Å². The van der Waals surface area contributed by atoms with E-state index in [4.69, 9.17) is 0 Å². The molecule has 2 rings (SSSR count). The molecule has 134 valence electrons. The van der Waals surface area contributed by atoms with Crippen LogP contribution in [0.15, 0.2) is 35.4 Å². The molecule has 0 unspecified atom stereocenters. The van der Waals surface area contributed by atoms with Crippen LogP contribution >= 0.6 is 0 Å². The third kappa shape index (κ3) is 3.72. The smallest absolute Gasteiger partial charge is 0.272 e. The molecule has 2 amide bonds. The van der Waals surface area contributed by atoms with Crippen LogP contribution in [0.3, 0.4) is 0 Å². The van der Waals surface area contributed by atoms with Gasteiger partial charge in [-0.1, -0.05) is 6.07 Å². The third-order valence-electron chi connectivity index (χ3n) is 3.85. The molecule has 0 radical (unpaired) electrons. The number of nitrogens with one attached hydrogen (secondary N) is 3. The molecule has 9 heteroatoms. The van der Waals surface area contributed by atoms with E-state index >= 15 is 0 Å². The van der Waals surface area contributed by atoms with Crippen molar-refractivity contribution in [2.45, 2.75) is 11.8 Å². The summed E-state index contributed by atoms with van der Waals surface area (Å²) in [6.07, 6.45) is 1.36. The highest BCUT2D eigenvalue weighted by Crippen LogP contribution is 2.21. The molecule has 25 heavy (non-hydrogen) atoms. The third-order valence-corrected chi connectivity index (χ3v) is 5.23. The van der Waals surface area contributed by atoms with E-state index in [1.807, 2.05) is 0 Å². The fourth-order valence-electron chi connectivity index (χ4n) is 2.36. The van der Waals surface area contributed by atoms with Gasteiger partial charge in [0.25, 0.3) is 11.8 Å². The minimum absolute atomic E-state index is 0.00140. The topological polar surface area (TPSA) is 109 Å². The van der Waals surface area contributed by atoms with Crippen molar-refractivity contribution >= 4 is 27.5 Å². The van der Waals surface area contributed by atoms with Crippen molar-refractivity contribution in [3.8, 4) is 0 Å². The van der Waals surface area contributed by atoms with Crippen LogP contribution in [-0.4, -0.2) is 38.9 Å². The number of benzene rings is 1. The molecule has 1 aromatic carbocycles. The van der Waals surface area contributed by atoms with Gasteiger partial charge in [0.15, 0.2) is 0 Å². The number of anilines is 1. The molecule has 1 heterocycles. The van der Waals surface area contributed by atoms with Crippen molar-refractivity contribution in [3.05, 3.63) is 47.3 Å². The van der Waals surface area contributed by atoms with Gasteiger partial charge in [0, 0.05) is 31.5 Å². The zero-order valence-electron chi connectivity index (χ0n) is 14.4. The van der Waals surface area contributed by atoms with Crippen LogP contribution < -0.4 is 15.4 Å². The fraction of sp³-hybridized carbons (Fsp3) is 0.250. The minimum atomic E-state index is -3.64. The first-order chi connectivity index (χ1) is 11.7. The van der Waals surface area contributed by atoms with Crippen LogP contribution in [-0.2, 0) is 17.1 Å². The molecule has 0 saturated carbocycles. The summed E-state index contributed by atoms with van der Waals surface area (Å²) in [6.45, 7) is 1.72. The number of hydrogen-bond donors (Lipinski definition) is 3. The van der Waals surface area contributed by atoms with Crippen LogP contribution in [0.25, 0.3) is 0 Å². The second kappa shape index (κ2) is 7.08. The van der Waals surface area contributed by atoms with E-state index in [1.54, 1.807) is 32.2 Å². The summed E-state index contributed by atoms with van der Waals surface area (Å²) < 4.78 is 27.3. The van der Waals surface area contributed by atoms with Crippen molar-refractivity contribution in [1.29, 1.82) is 0 Å². The second-order valence-electron chi connectivity index (χ2n) is 5.39. The van der Waals surface area contributed by atoms with E-state index in [2.05, 4.69) is 15.4 Å². The maximum atomic E-state index is 12.5. The van der Waals surface area contributed by atoms with Crippen molar-refractivity contribution in [2.24, 2.45) is 7.05 Å². The Balaban J connectivity index is 2.34. The van der Waals surface area contributed by atoms with Gasteiger partial charge in [-0.15, -0.1) is 0 Å². The Morgan fingerprint density at radius 1 is 1.12 bits per heavy atom. The van der Waals surface area contributed by atoms with Gasteiger partial charge in [0.05, 0.1) is 0 Å². The Labute approximate surface area is 146 Å². The number of nitrogens with zero attached hydrogens (tertiary/aromatic N) is 1. The highest BCUT2D eigenvalue weighted by Gasteiger charge is 2.20. The van der Waals surface area contributed by atoms with Gasteiger partial charge in [0.2, 0.25) is 10.0 Å². The first-order valence-corrected chi connectivity index (χ1v) is 8.92. The molecule has 0 atom stereocenters. The standard InChI is InChI=1S/C16H20N4O4S/c1-10-12(15(21)17-2)6-5-7-13(10)19-16(22)14-8-11(9-20(14)4)25(23,24)18-3/h5-9,18H,1-4H3,(H,17,21)(H,19,22). The number of aryl methyl sites for hydroxylation is 1. The number of carbonyl (C=O) groups excluding carboxylic acids is 2. The zero-order chi connectivity index (χ0) is 18.8. The molecule has 2 aromatic rings. The number of sulfonamides is 1. The molecule has 0 bridgehead atoms. The van der Waals surface area contributed by atoms with Gasteiger partial charge in [-0.25, -0.2) is 13.1 Å². The SMILES string of the molecule is CNC(=O)c1cccc(NC(=O)c2cc(S(=O)(=O)NC)cn2C)c1C. The minimum Gasteiger partial charge on any atom is -0.355 e. The summed E-state index contributed by atoms with van der Waals surface area (Å²) in [5.74, 6) is -0.730. The van der Waals surface area contributed by atoms with Crippen LogP contribution in [0.5, 0.6) is 0 Å². The highest BCUT2D eigenvalue weighted by molar-refractivity contribution is 7.89. The molecular weight excluding hydrogens is 344 g/mol. The lowest BCUT2D eigenvalue weighted by Crippen LogP contribution is -2.21. The predicted molar refractivity (Wildman–Crippen MR) is 94.2 cm³/mol. The summed E-state index contributed by atoms with van der Waals surface area (Å²) in [4.78, 5) is 24.4. The van der Waals surface area contributed by atoms with Crippen LogP contribution in [0, 0.1) is 6.92 Å². The summed E-state index contributed by atoms with van der Waals surface area (Å²) >= 11 is 0. The number of hydrogen-bond acceptors (Lipinski definition) is 4. The maximum absolute atomic E-state index is 12.5. The molecule has 0 aliphatic heterocycles. The van der Waals surface area contributed by atoms with E-state index in [0.29, 0.717) is 16.8 Å². The van der Waals surface area contributed by atoms with E-state index in [1.165, 1.54) is 30.9 Å². The molecule has 0 fully saturated rings. The van der Waals surface area contributed by atoms with E-state index in [0.717, 1.165) is 0 Å². The van der Waals surface area contributed by atoms with Crippen molar-refractivity contribution < 1.29 is 18.0 Å². The molecular formula is C16H20N4O4S. The second-order valence-corrected chi connectivity index (χ2v) is 7.28. The Kier molecular flexibility index (Phi) is 5.29. The Hall–Kier alpha value is -2.65. The zero-order valence-corrected chi connectivity index (χ0v) is 15.2. The van der Waals surface area contributed by atoms with Gasteiger partial charge >= 0.3 is 0 Å². The number of amides is 2. The summed E-state index contributed by atoms with van der Waals surface area (Å²) in [6, 6.07) is 6.28. The number of carbonyl (C=O) groups is 2. The number of aromatic nitrogens is 1. The van der Waals surface area contributed by atoms with Crippen LogP contribution in [0.4, 0.5) is 5.69 Å². The molecule has 1 aromatic heterocycles. The monoisotopic (exact) mass is 364 g/mol. The quantitative estimate of drug-likeness (QED) is 0.731. The summed E-state index contributed by atoms with van der Waals surface area (Å²) in [7, 11) is 0.771. The van der Waals surface area contributed by atoms with Crippen molar-refractivity contribution in [1.82, 2.24) is 14.6 Å². The highest BCUT2D eigenvalue weighted by atomic mass is 32.2. The largest absolute Gasteiger partial charge is 0.355 e. The van der Waals surface area contributed by atoms with Gasteiger partial charge in [-0.05, 0) is 37.7 Å². The normalized spacial score (nSPS) is 11.2. The van der Waals surface area contributed by atoms with Crippen molar-refractivity contribution in [2.75, 3.05) is 19.4 Å². The van der Waals surface area contributed by atoms with Crippen LogP contribution in [0.2, 0.25) is 0 Å². The van der Waals surface area contributed by atoms with E-state index in [9.17, 15) is 18.0 Å². The van der Waals surface area contributed by atoms with E-state index < -0.39 is 15.9 Å². The Morgan fingerprint density at radius 2 is 1.80 bits per heavy atom. The molecule has 0 aliphatic carbocycles. The van der Waals surface area contributed by atoms with E-state index in [-0.39, 0.29) is 16.5 Å². The lowest BCUT2D eigenvalue weighted by atomic mass is 10.1. The lowest BCUT2D eigenvalue weighted by Gasteiger charge is -2.12. The van der Waals surface area contributed by atoms with Gasteiger partial charge < -0.3 is 15.2 Å². The molecule has 0 spiro atoms. The molecule has 0 aliphatic rings. The molecule has 3 N–H and O–H groups in total. The fourth-order valence-corrected chi connectivity index (χ4v) is 3.16. The lowest BCUT2D eigenvalue weighted by molar-refractivity contribution is 0.0960. The summed E-state index contributed by atoms with van der Waals surface area (Å²) in [5, 5.41) is 5.25. The molecule has 0 saturated heterocycles. The maximum Gasteiger partial charge on any atom is 0.272 e. The molecule has 8 nitrogen and oxygen atoms in total. The van der Waals surface area contributed by atoms with Gasteiger partial charge in [0.1, 0.15) is 10.6 Å².